The number of hydrogen-bond acceptors (Lipinski definition) is 2. The Balaban J connectivity index is 1.69. The molecule has 1 aromatic carbocycles. The summed E-state index contributed by atoms with van der Waals surface area (Å²) in [6.45, 7) is 0. The Bertz CT molecular complexity index is 363. The van der Waals surface area contributed by atoms with Crippen LogP contribution in [-0.2, 0) is 0 Å². The summed E-state index contributed by atoms with van der Waals surface area (Å²) in [6, 6.07) is 8.73. The summed E-state index contributed by atoms with van der Waals surface area (Å²) in [5, 5.41) is 10.3. The van der Waals surface area contributed by atoms with Gasteiger partial charge in [-0.05, 0) is 53.7 Å². The Morgan fingerprint density at radius 2 is 1.88 bits per heavy atom. The summed E-state index contributed by atoms with van der Waals surface area (Å²) in [5.41, 5.74) is 2.58. The molecule has 2 atom stereocenters. The fraction of sp³-hybridized carbons (Fsp3) is 0.600. The maximum absolute atomic E-state index is 10.3. The molecule has 1 saturated carbocycles. The van der Waals surface area contributed by atoms with Crippen LogP contribution in [0.15, 0.2) is 24.3 Å². The van der Waals surface area contributed by atoms with Crippen LogP contribution in [0.1, 0.15) is 48.8 Å². The molecule has 1 aliphatic carbocycles. The van der Waals surface area contributed by atoms with Crippen LogP contribution in [0.5, 0.6) is 0 Å². The third kappa shape index (κ3) is 2.38. The van der Waals surface area contributed by atoms with E-state index in [1.54, 1.807) is 0 Å². The molecule has 2 unspecified atom stereocenters. The topological polar surface area (TPSA) is 20.2 Å². The molecule has 1 aliphatic heterocycles. The van der Waals surface area contributed by atoms with Gasteiger partial charge in [0.05, 0.1) is 6.10 Å². The number of thioether (sulfide) groups is 1. The van der Waals surface area contributed by atoms with Crippen LogP contribution < -0.4 is 0 Å². The van der Waals surface area contributed by atoms with E-state index in [0.717, 1.165) is 23.7 Å². The van der Waals surface area contributed by atoms with Crippen molar-refractivity contribution in [2.75, 3.05) is 11.5 Å². The third-order valence-corrected chi connectivity index (χ3v) is 5.45. The molecule has 0 aromatic heterocycles. The monoisotopic (exact) mass is 248 g/mol. The van der Waals surface area contributed by atoms with Gasteiger partial charge in [-0.2, -0.15) is 11.8 Å². The fourth-order valence-electron chi connectivity index (χ4n) is 2.78. The fourth-order valence-corrected chi connectivity index (χ4v) is 4.07. The van der Waals surface area contributed by atoms with Crippen LogP contribution in [0.25, 0.3) is 0 Å². The molecule has 0 radical (unpaired) electrons. The van der Waals surface area contributed by atoms with E-state index >= 15 is 0 Å². The second-order valence-electron chi connectivity index (χ2n) is 5.36. The molecule has 0 spiro atoms. The van der Waals surface area contributed by atoms with Crippen molar-refractivity contribution in [2.24, 2.45) is 5.92 Å². The van der Waals surface area contributed by atoms with E-state index in [-0.39, 0.29) is 6.10 Å². The molecule has 1 N–H and O–H groups in total. The van der Waals surface area contributed by atoms with Gasteiger partial charge in [-0.15, -0.1) is 0 Å². The summed E-state index contributed by atoms with van der Waals surface area (Å²) in [7, 11) is 0. The van der Waals surface area contributed by atoms with Crippen molar-refractivity contribution < 1.29 is 5.11 Å². The highest BCUT2D eigenvalue weighted by Gasteiger charge is 2.25. The van der Waals surface area contributed by atoms with Gasteiger partial charge in [0, 0.05) is 0 Å². The Hall–Kier alpha value is -0.470. The lowest BCUT2D eigenvalue weighted by Gasteiger charge is -2.26. The lowest BCUT2D eigenvalue weighted by Crippen LogP contribution is -2.12. The van der Waals surface area contributed by atoms with E-state index in [9.17, 15) is 5.11 Å². The molecule has 2 aliphatic rings. The van der Waals surface area contributed by atoms with Gasteiger partial charge in [0.2, 0.25) is 0 Å². The van der Waals surface area contributed by atoms with Gasteiger partial charge in [-0.25, -0.2) is 0 Å². The molecular formula is C15H20OS. The maximum Gasteiger partial charge on any atom is 0.0826 e. The van der Waals surface area contributed by atoms with Gasteiger partial charge in [0.25, 0.3) is 0 Å². The second-order valence-corrected chi connectivity index (χ2v) is 6.51. The molecule has 17 heavy (non-hydrogen) atoms. The Morgan fingerprint density at radius 3 is 2.41 bits per heavy atom. The average Bonchev–Trinajstić information content (AvgIpc) is 2.80. The van der Waals surface area contributed by atoms with E-state index < -0.39 is 0 Å². The highest BCUT2D eigenvalue weighted by atomic mass is 32.2. The standard InChI is InChI=1S/C15H20OS/c16-15(14-8-9-17-10-14)13-6-4-12(5-7-13)11-2-1-3-11/h4-7,11,14-16H,1-3,8-10H2. The number of rotatable bonds is 3. The Morgan fingerprint density at radius 1 is 1.12 bits per heavy atom. The van der Waals surface area contributed by atoms with Gasteiger partial charge in [-0.1, -0.05) is 30.7 Å². The number of aliphatic hydroxyl groups excluding tert-OH is 1. The van der Waals surface area contributed by atoms with Crippen molar-refractivity contribution in [3.63, 3.8) is 0 Å². The van der Waals surface area contributed by atoms with E-state index in [1.807, 2.05) is 11.8 Å². The van der Waals surface area contributed by atoms with Crippen molar-refractivity contribution in [1.29, 1.82) is 0 Å². The minimum absolute atomic E-state index is 0.250. The number of hydrogen-bond donors (Lipinski definition) is 1. The summed E-state index contributed by atoms with van der Waals surface area (Å²) in [4.78, 5) is 0. The minimum atomic E-state index is -0.250. The van der Waals surface area contributed by atoms with Gasteiger partial charge < -0.3 is 5.11 Å². The van der Waals surface area contributed by atoms with Crippen molar-refractivity contribution >= 4 is 11.8 Å². The van der Waals surface area contributed by atoms with Crippen LogP contribution in [0.3, 0.4) is 0 Å². The zero-order valence-electron chi connectivity index (χ0n) is 10.1. The smallest absolute Gasteiger partial charge is 0.0826 e. The van der Waals surface area contributed by atoms with E-state index in [1.165, 1.54) is 30.6 Å². The Kier molecular flexibility index (Phi) is 3.44. The summed E-state index contributed by atoms with van der Waals surface area (Å²) in [5.74, 6) is 3.59. The van der Waals surface area contributed by atoms with Crippen LogP contribution in [0, 0.1) is 5.92 Å². The molecule has 92 valence electrons. The molecule has 1 saturated heterocycles. The van der Waals surface area contributed by atoms with Crippen LogP contribution in [0.4, 0.5) is 0 Å². The first-order chi connectivity index (χ1) is 8.34. The zero-order chi connectivity index (χ0) is 11.7. The van der Waals surface area contributed by atoms with Gasteiger partial charge in [0.1, 0.15) is 0 Å². The maximum atomic E-state index is 10.3. The largest absolute Gasteiger partial charge is 0.388 e. The number of aliphatic hydroxyl groups is 1. The predicted molar refractivity (Wildman–Crippen MR) is 73.4 cm³/mol. The highest BCUT2D eigenvalue weighted by molar-refractivity contribution is 7.99. The van der Waals surface area contributed by atoms with E-state index in [0.29, 0.717) is 5.92 Å². The first kappa shape index (κ1) is 11.6. The van der Waals surface area contributed by atoms with Gasteiger partial charge >= 0.3 is 0 Å². The lowest BCUT2D eigenvalue weighted by atomic mass is 9.79. The lowest BCUT2D eigenvalue weighted by molar-refractivity contribution is 0.121. The van der Waals surface area contributed by atoms with Crippen LogP contribution in [-0.4, -0.2) is 16.6 Å². The first-order valence-electron chi connectivity index (χ1n) is 6.70. The zero-order valence-corrected chi connectivity index (χ0v) is 11.0. The second kappa shape index (κ2) is 5.03. The molecular weight excluding hydrogens is 228 g/mol. The normalized spacial score (nSPS) is 26.8. The average molecular weight is 248 g/mol. The van der Waals surface area contributed by atoms with Gasteiger partial charge in [0.15, 0.2) is 0 Å². The van der Waals surface area contributed by atoms with Crippen molar-refractivity contribution in [1.82, 2.24) is 0 Å². The molecule has 0 amide bonds. The molecule has 1 heterocycles. The third-order valence-electron chi connectivity index (χ3n) is 4.27. The summed E-state index contributed by atoms with van der Waals surface area (Å²) in [6.07, 6.45) is 4.99. The van der Waals surface area contributed by atoms with Crippen molar-refractivity contribution in [3.05, 3.63) is 35.4 Å². The van der Waals surface area contributed by atoms with E-state index in [4.69, 9.17) is 0 Å². The highest BCUT2D eigenvalue weighted by Crippen LogP contribution is 2.38. The van der Waals surface area contributed by atoms with Crippen LogP contribution >= 0.6 is 11.8 Å². The molecule has 3 rings (SSSR count). The minimum Gasteiger partial charge on any atom is -0.388 e. The van der Waals surface area contributed by atoms with Crippen LogP contribution in [0.2, 0.25) is 0 Å². The molecule has 0 bridgehead atoms. The van der Waals surface area contributed by atoms with E-state index in [2.05, 4.69) is 24.3 Å². The molecule has 1 aromatic rings. The molecule has 2 fully saturated rings. The van der Waals surface area contributed by atoms with Crippen molar-refractivity contribution in [2.45, 2.75) is 37.7 Å². The number of benzene rings is 1. The summed E-state index contributed by atoms with van der Waals surface area (Å²) < 4.78 is 0. The van der Waals surface area contributed by atoms with Gasteiger partial charge in [-0.3, -0.25) is 0 Å². The Labute approximate surface area is 108 Å². The summed E-state index contributed by atoms with van der Waals surface area (Å²) >= 11 is 1.97. The predicted octanol–water partition coefficient (Wildman–Crippen LogP) is 3.74. The van der Waals surface area contributed by atoms with Crippen molar-refractivity contribution in [3.8, 4) is 0 Å². The molecule has 2 heteroatoms. The SMILES string of the molecule is OC(c1ccc(C2CCC2)cc1)C1CCSC1. The molecule has 1 nitrogen and oxygen atoms in total. The first-order valence-corrected chi connectivity index (χ1v) is 7.86. The quantitative estimate of drug-likeness (QED) is 0.879.